The van der Waals surface area contributed by atoms with Gasteiger partial charge in [0.25, 0.3) is 0 Å². The lowest BCUT2D eigenvalue weighted by molar-refractivity contribution is 0.108. The monoisotopic (exact) mass is 328 g/mol. The van der Waals surface area contributed by atoms with Crippen LogP contribution in [0.1, 0.15) is 11.7 Å². The number of benzene rings is 2. The van der Waals surface area contributed by atoms with E-state index in [1.807, 2.05) is 30.5 Å². The number of methoxy groups -OCH3 is 1. The SMILES string of the molecule is COc1ccc(C(O)COc2cccc(-n3cccn3)c2)cc1F. The van der Waals surface area contributed by atoms with Crippen LogP contribution in [-0.4, -0.2) is 28.6 Å². The molecule has 0 aliphatic carbocycles. The van der Waals surface area contributed by atoms with Gasteiger partial charge in [0.1, 0.15) is 18.5 Å². The van der Waals surface area contributed by atoms with E-state index in [2.05, 4.69) is 5.10 Å². The Labute approximate surface area is 138 Å². The van der Waals surface area contributed by atoms with Gasteiger partial charge in [0.05, 0.1) is 12.8 Å². The Balaban J connectivity index is 1.67. The van der Waals surface area contributed by atoms with Gasteiger partial charge in [0.2, 0.25) is 0 Å². The smallest absolute Gasteiger partial charge is 0.165 e. The molecule has 1 unspecified atom stereocenters. The second kappa shape index (κ2) is 7.14. The molecular formula is C18H17FN2O3. The third-order valence-corrected chi connectivity index (χ3v) is 3.56. The van der Waals surface area contributed by atoms with Crippen molar-refractivity contribution in [2.24, 2.45) is 0 Å². The second-order valence-corrected chi connectivity index (χ2v) is 5.17. The first-order valence-electron chi connectivity index (χ1n) is 7.42. The molecule has 0 fully saturated rings. The van der Waals surface area contributed by atoms with Crippen molar-refractivity contribution in [2.75, 3.05) is 13.7 Å². The van der Waals surface area contributed by atoms with Crippen molar-refractivity contribution in [3.63, 3.8) is 0 Å². The Morgan fingerprint density at radius 3 is 2.79 bits per heavy atom. The molecule has 0 aliphatic heterocycles. The molecule has 3 aromatic rings. The van der Waals surface area contributed by atoms with Crippen LogP contribution in [0.4, 0.5) is 4.39 Å². The van der Waals surface area contributed by atoms with Gasteiger partial charge in [-0.3, -0.25) is 0 Å². The van der Waals surface area contributed by atoms with Crippen LogP contribution in [0.15, 0.2) is 60.9 Å². The average molecular weight is 328 g/mol. The van der Waals surface area contributed by atoms with E-state index in [4.69, 9.17) is 9.47 Å². The van der Waals surface area contributed by atoms with Crippen molar-refractivity contribution in [3.8, 4) is 17.2 Å². The Morgan fingerprint density at radius 1 is 1.21 bits per heavy atom. The van der Waals surface area contributed by atoms with E-state index in [-0.39, 0.29) is 12.4 Å². The normalized spacial score (nSPS) is 12.0. The van der Waals surface area contributed by atoms with Crippen molar-refractivity contribution in [3.05, 3.63) is 72.3 Å². The minimum absolute atomic E-state index is 0.00826. The van der Waals surface area contributed by atoms with Gasteiger partial charge in [-0.1, -0.05) is 12.1 Å². The predicted octanol–water partition coefficient (Wildman–Crippen LogP) is 3.13. The van der Waals surface area contributed by atoms with E-state index in [1.54, 1.807) is 23.0 Å². The van der Waals surface area contributed by atoms with Crippen molar-refractivity contribution in [2.45, 2.75) is 6.10 Å². The van der Waals surface area contributed by atoms with Crippen LogP contribution >= 0.6 is 0 Å². The summed E-state index contributed by atoms with van der Waals surface area (Å²) in [5.41, 5.74) is 1.28. The zero-order valence-electron chi connectivity index (χ0n) is 13.1. The molecule has 3 rings (SSSR count). The number of halogens is 1. The Bertz CT molecular complexity index is 806. The lowest BCUT2D eigenvalue weighted by Crippen LogP contribution is -2.10. The zero-order valence-corrected chi connectivity index (χ0v) is 13.1. The highest BCUT2D eigenvalue weighted by atomic mass is 19.1. The van der Waals surface area contributed by atoms with E-state index in [1.165, 1.54) is 19.2 Å². The minimum atomic E-state index is -0.946. The van der Waals surface area contributed by atoms with Crippen LogP contribution in [-0.2, 0) is 0 Å². The molecule has 0 aliphatic rings. The Morgan fingerprint density at radius 2 is 2.08 bits per heavy atom. The highest BCUT2D eigenvalue weighted by Gasteiger charge is 2.12. The molecule has 2 aromatic carbocycles. The molecule has 5 nitrogen and oxygen atoms in total. The topological polar surface area (TPSA) is 56.5 Å². The Kier molecular flexibility index (Phi) is 4.77. The van der Waals surface area contributed by atoms with Gasteiger partial charge in [-0.15, -0.1) is 0 Å². The fourth-order valence-electron chi connectivity index (χ4n) is 2.30. The fraction of sp³-hybridized carbons (Fsp3) is 0.167. The first-order chi connectivity index (χ1) is 11.7. The van der Waals surface area contributed by atoms with Gasteiger partial charge in [-0.25, -0.2) is 9.07 Å². The summed E-state index contributed by atoms with van der Waals surface area (Å²) in [7, 11) is 1.39. The Hall–Kier alpha value is -2.86. The van der Waals surface area contributed by atoms with Crippen LogP contribution in [0.2, 0.25) is 0 Å². The summed E-state index contributed by atoms with van der Waals surface area (Å²) in [6.45, 7) is 0.00826. The van der Waals surface area contributed by atoms with Gasteiger partial charge in [-0.05, 0) is 35.9 Å². The molecule has 6 heteroatoms. The average Bonchev–Trinajstić information content (AvgIpc) is 3.14. The first-order valence-corrected chi connectivity index (χ1v) is 7.42. The van der Waals surface area contributed by atoms with Crippen LogP contribution in [0.3, 0.4) is 0 Å². The molecule has 0 spiro atoms. The molecule has 0 bridgehead atoms. The van der Waals surface area contributed by atoms with Crippen molar-refractivity contribution < 1.29 is 19.0 Å². The predicted molar refractivity (Wildman–Crippen MR) is 87.0 cm³/mol. The van der Waals surface area contributed by atoms with E-state index in [0.717, 1.165) is 5.69 Å². The number of ether oxygens (including phenoxy) is 2. The maximum absolute atomic E-state index is 13.7. The van der Waals surface area contributed by atoms with Crippen LogP contribution in [0.5, 0.6) is 11.5 Å². The van der Waals surface area contributed by atoms with Crippen molar-refractivity contribution >= 4 is 0 Å². The summed E-state index contributed by atoms with van der Waals surface area (Å²) in [5.74, 6) is 0.213. The van der Waals surface area contributed by atoms with Crippen molar-refractivity contribution in [1.82, 2.24) is 9.78 Å². The zero-order chi connectivity index (χ0) is 16.9. The molecule has 0 amide bonds. The minimum Gasteiger partial charge on any atom is -0.494 e. The number of aliphatic hydroxyl groups excluding tert-OH is 1. The van der Waals surface area contributed by atoms with E-state index in [0.29, 0.717) is 11.3 Å². The summed E-state index contributed by atoms with van der Waals surface area (Å²) >= 11 is 0. The van der Waals surface area contributed by atoms with Crippen LogP contribution in [0, 0.1) is 5.82 Å². The molecule has 1 atom stereocenters. The number of hydrogen-bond donors (Lipinski definition) is 1. The number of aliphatic hydroxyl groups is 1. The standard InChI is InChI=1S/C18H17FN2O3/c1-23-18-7-6-13(10-16(18)19)17(22)12-24-15-5-2-4-14(11-15)21-9-3-8-20-21/h2-11,17,22H,12H2,1H3. The third kappa shape index (κ3) is 3.55. The largest absolute Gasteiger partial charge is 0.494 e. The quantitative estimate of drug-likeness (QED) is 0.755. The lowest BCUT2D eigenvalue weighted by atomic mass is 10.1. The summed E-state index contributed by atoms with van der Waals surface area (Å²) in [5, 5.41) is 14.3. The van der Waals surface area contributed by atoms with Gasteiger partial charge in [0.15, 0.2) is 11.6 Å². The molecule has 1 heterocycles. The van der Waals surface area contributed by atoms with Gasteiger partial charge >= 0.3 is 0 Å². The summed E-state index contributed by atoms with van der Waals surface area (Å²) in [4.78, 5) is 0. The van der Waals surface area contributed by atoms with E-state index in [9.17, 15) is 9.50 Å². The number of aromatic nitrogens is 2. The first kappa shape index (κ1) is 16.0. The number of rotatable bonds is 6. The maximum atomic E-state index is 13.7. The molecule has 24 heavy (non-hydrogen) atoms. The number of hydrogen-bond acceptors (Lipinski definition) is 4. The summed E-state index contributed by atoms with van der Waals surface area (Å²) in [6.07, 6.45) is 2.57. The molecular weight excluding hydrogens is 311 g/mol. The molecule has 1 aromatic heterocycles. The fourth-order valence-corrected chi connectivity index (χ4v) is 2.30. The molecule has 0 saturated heterocycles. The molecule has 124 valence electrons. The van der Waals surface area contributed by atoms with Gasteiger partial charge in [0, 0.05) is 18.5 Å². The highest BCUT2D eigenvalue weighted by Crippen LogP contribution is 2.23. The van der Waals surface area contributed by atoms with E-state index < -0.39 is 11.9 Å². The van der Waals surface area contributed by atoms with Crippen molar-refractivity contribution in [1.29, 1.82) is 0 Å². The molecule has 0 saturated carbocycles. The molecule has 1 N–H and O–H groups in total. The van der Waals surface area contributed by atoms with E-state index >= 15 is 0 Å². The second-order valence-electron chi connectivity index (χ2n) is 5.17. The number of nitrogens with zero attached hydrogens (tertiary/aromatic N) is 2. The van der Waals surface area contributed by atoms with Crippen LogP contribution < -0.4 is 9.47 Å². The van der Waals surface area contributed by atoms with Gasteiger partial charge in [-0.2, -0.15) is 5.10 Å². The highest BCUT2D eigenvalue weighted by molar-refractivity contribution is 5.38. The maximum Gasteiger partial charge on any atom is 0.165 e. The van der Waals surface area contributed by atoms with Gasteiger partial charge < -0.3 is 14.6 Å². The summed E-state index contributed by atoms with van der Waals surface area (Å²) in [6, 6.07) is 13.5. The summed E-state index contributed by atoms with van der Waals surface area (Å²) < 4.78 is 25.9. The van der Waals surface area contributed by atoms with Crippen LogP contribution in [0.25, 0.3) is 5.69 Å². The third-order valence-electron chi connectivity index (χ3n) is 3.56. The molecule has 0 radical (unpaired) electrons. The lowest BCUT2D eigenvalue weighted by Gasteiger charge is -2.14.